The molecule has 0 bridgehead atoms. The third-order valence-corrected chi connectivity index (χ3v) is 6.56. The third kappa shape index (κ3) is 3.19. The summed E-state index contributed by atoms with van der Waals surface area (Å²) in [4.78, 5) is 24.9. The molecule has 136 valence electrons. The fraction of sp³-hybridized carbons (Fsp3) is 0.467. The molecule has 0 radical (unpaired) electrons. The van der Waals surface area contributed by atoms with Gasteiger partial charge in [0, 0.05) is 26.7 Å². The minimum atomic E-state index is -3.98. The van der Waals surface area contributed by atoms with Gasteiger partial charge in [0.05, 0.1) is 10.7 Å². The molecule has 1 aromatic rings. The van der Waals surface area contributed by atoms with Crippen LogP contribution in [0.1, 0.15) is 12.8 Å². The Labute approximate surface area is 150 Å². The predicted octanol–water partition coefficient (Wildman–Crippen LogP) is 0.912. The fourth-order valence-electron chi connectivity index (χ4n) is 2.98. The molecule has 1 saturated heterocycles. The molecule has 1 N–H and O–H groups in total. The van der Waals surface area contributed by atoms with Crippen molar-refractivity contribution in [2.75, 3.05) is 32.6 Å². The van der Waals surface area contributed by atoms with Crippen LogP contribution in [0.3, 0.4) is 0 Å². The number of benzene rings is 1. The highest BCUT2D eigenvalue weighted by Crippen LogP contribution is 2.38. The summed E-state index contributed by atoms with van der Waals surface area (Å²) in [6.07, 6.45) is 1.06. The Morgan fingerprint density at radius 3 is 2.80 bits per heavy atom. The van der Waals surface area contributed by atoms with E-state index in [0.29, 0.717) is 18.5 Å². The lowest BCUT2D eigenvalue weighted by Gasteiger charge is -2.27. The first-order valence-corrected chi connectivity index (χ1v) is 9.53. The van der Waals surface area contributed by atoms with Crippen molar-refractivity contribution < 1.29 is 22.7 Å². The number of fused-ring (bicyclic) bond motifs is 1. The molecular weight excluding hydrogens is 370 g/mol. The van der Waals surface area contributed by atoms with Crippen molar-refractivity contribution in [2.45, 2.75) is 23.8 Å². The molecule has 0 saturated carbocycles. The van der Waals surface area contributed by atoms with Crippen molar-refractivity contribution >= 4 is 39.1 Å². The van der Waals surface area contributed by atoms with Gasteiger partial charge >= 0.3 is 0 Å². The number of carbonyl (C=O) groups is 2. The Bertz CT molecular complexity index is 840. The summed E-state index contributed by atoms with van der Waals surface area (Å²) in [6, 6.07) is 1.90. The molecule has 1 atom stereocenters. The van der Waals surface area contributed by atoms with Crippen molar-refractivity contribution in [3.05, 3.63) is 17.2 Å². The van der Waals surface area contributed by atoms with Crippen LogP contribution in [-0.4, -0.2) is 62.7 Å². The highest BCUT2D eigenvalue weighted by atomic mass is 35.5. The molecule has 2 aliphatic rings. The van der Waals surface area contributed by atoms with Gasteiger partial charge in [0.25, 0.3) is 5.91 Å². The summed E-state index contributed by atoms with van der Waals surface area (Å²) in [7, 11) is -0.801. The molecular formula is C15H18ClN3O5S. The van der Waals surface area contributed by atoms with Gasteiger partial charge in [-0.2, -0.15) is 4.31 Å². The van der Waals surface area contributed by atoms with Crippen LogP contribution < -0.4 is 10.1 Å². The number of hydrogen-bond acceptors (Lipinski definition) is 5. The lowest BCUT2D eigenvalue weighted by molar-refractivity contribution is -0.132. The van der Waals surface area contributed by atoms with Gasteiger partial charge < -0.3 is 15.0 Å². The number of nitrogens with one attached hydrogen (secondary N) is 1. The Morgan fingerprint density at radius 2 is 2.12 bits per heavy atom. The molecule has 25 heavy (non-hydrogen) atoms. The Kier molecular flexibility index (Phi) is 4.65. The Hall–Kier alpha value is -1.84. The van der Waals surface area contributed by atoms with E-state index in [0.717, 1.165) is 0 Å². The van der Waals surface area contributed by atoms with Crippen LogP contribution in [-0.2, 0) is 19.6 Å². The topological polar surface area (TPSA) is 96.0 Å². The minimum absolute atomic E-state index is 0.0347. The molecule has 2 aliphatic heterocycles. The van der Waals surface area contributed by atoms with Gasteiger partial charge in [0.2, 0.25) is 15.9 Å². The van der Waals surface area contributed by atoms with Crippen LogP contribution in [0.4, 0.5) is 5.69 Å². The number of nitrogens with zero attached hydrogens (tertiary/aromatic N) is 2. The molecule has 3 rings (SSSR count). The molecule has 0 aliphatic carbocycles. The number of anilines is 1. The zero-order valence-electron chi connectivity index (χ0n) is 13.8. The van der Waals surface area contributed by atoms with Crippen LogP contribution in [0.15, 0.2) is 17.0 Å². The standard InChI is InChI=1S/C15H18ClN3O5S/c1-18(2)15(21)11-4-3-5-19(11)25(22,23)13-7-12-10(6-9(13)16)17-14(20)8-24-12/h6-7,11H,3-5,8H2,1-2H3,(H,17,20). The second-order valence-corrected chi connectivity index (χ2v) is 8.39. The predicted molar refractivity (Wildman–Crippen MR) is 91.2 cm³/mol. The van der Waals surface area contributed by atoms with Gasteiger partial charge in [0.1, 0.15) is 16.7 Å². The van der Waals surface area contributed by atoms with Crippen LogP contribution in [0.25, 0.3) is 0 Å². The molecule has 0 spiro atoms. The first-order valence-electron chi connectivity index (χ1n) is 7.71. The van der Waals surface area contributed by atoms with Crippen molar-refractivity contribution in [3.63, 3.8) is 0 Å². The number of halogens is 1. The first-order chi connectivity index (χ1) is 11.7. The highest BCUT2D eigenvalue weighted by Gasteiger charge is 2.41. The van der Waals surface area contributed by atoms with E-state index in [1.165, 1.54) is 21.3 Å². The minimum Gasteiger partial charge on any atom is -0.482 e. The summed E-state index contributed by atoms with van der Waals surface area (Å²) >= 11 is 6.15. The van der Waals surface area contributed by atoms with Crippen LogP contribution in [0.2, 0.25) is 5.02 Å². The molecule has 0 aromatic heterocycles. The number of hydrogen-bond donors (Lipinski definition) is 1. The van der Waals surface area contributed by atoms with Gasteiger partial charge in [-0.05, 0) is 18.9 Å². The number of rotatable bonds is 3. The number of amides is 2. The quantitative estimate of drug-likeness (QED) is 0.831. The molecule has 1 unspecified atom stereocenters. The average Bonchev–Trinajstić information content (AvgIpc) is 3.03. The summed E-state index contributed by atoms with van der Waals surface area (Å²) in [5.74, 6) is -0.369. The molecule has 10 heteroatoms. The van der Waals surface area contributed by atoms with Crippen molar-refractivity contribution in [1.82, 2.24) is 9.21 Å². The van der Waals surface area contributed by atoms with Gasteiger partial charge in [0.15, 0.2) is 6.61 Å². The van der Waals surface area contributed by atoms with Crippen LogP contribution in [0.5, 0.6) is 5.75 Å². The van der Waals surface area contributed by atoms with Crippen molar-refractivity contribution in [3.8, 4) is 5.75 Å². The first kappa shape index (κ1) is 18.0. The average molecular weight is 388 g/mol. The van der Waals surface area contributed by atoms with E-state index < -0.39 is 16.1 Å². The summed E-state index contributed by atoms with van der Waals surface area (Å²) < 4.78 is 32.6. The van der Waals surface area contributed by atoms with Gasteiger partial charge in [-0.1, -0.05) is 11.6 Å². The Balaban J connectivity index is 2.00. The second kappa shape index (κ2) is 6.47. The molecule has 2 heterocycles. The highest BCUT2D eigenvalue weighted by molar-refractivity contribution is 7.89. The maximum Gasteiger partial charge on any atom is 0.262 e. The second-order valence-electron chi connectivity index (χ2n) is 6.12. The number of ether oxygens (including phenoxy) is 1. The van der Waals surface area contributed by atoms with Crippen LogP contribution in [0, 0.1) is 0 Å². The maximum atomic E-state index is 13.1. The van der Waals surface area contributed by atoms with E-state index in [9.17, 15) is 18.0 Å². The molecule has 8 nitrogen and oxygen atoms in total. The normalized spacial score (nSPS) is 20.6. The molecule has 1 aromatic carbocycles. The Morgan fingerprint density at radius 1 is 1.40 bits per heavy atom. The number of carbonyl (C=O) groups excluding carboxylic acids is 2. The lowest BCUT2D eigenvalue weighted by atomic mass is 10.2. The van der Waals surface area contributed by atoms with Crippen molar-refractivity contribution in [2.24, 2.45) is 0 Å². The fourth-order valence-corrected chi connectivity index (χ4v) is 5.15. The third-order valence-electron chi connectivity index (χ3n) is 4.18. The van der Waals surface area contributed by atoms with E-state index in [1.54, 1.807) is 14.1 Å². The van der Waals surface area contributed by atoms with E-state index >= 15 is 0 Å². The van der Waals surface area contributed by atoms with E-state index in [4.69, 9.17) is 16.3 Å². The van der Waals surface area contributed by atoms with Crippen molar-refractivity contribution in [1.29, 1.82) is 0 Å². The van der Waals surface area contributed by atoms with Gasteiger partial charge in [-0.3, -0.25) is 9.59 Å². The summed E-state index contributed by atoms with van der Waals surface area (Å²) in [6.45, 7) is 0.0527. The van der Waals surface area contributed by atoms with Gasteiger partial charge in [-0.15, -0.1) is 0 Å². The number of likely N-dealkylation sites (N-methyl/N-ethyl adjacent to an activating group) is 1. The smallest absolute Gasteiger partial charge is 0.262 e. The monoisotopic (exact) mass is 387 g/mol. The van der Waals surface area contributed by atoms with Crippen LogP contribution >= 0.6 is 11.6 Å². The number of sulfonamides is 1. The maximum absolute atomic E-state index is 13.1. The zero-order valence-corrected chi connectivity index (χ0v) is 15.4. The largest absolute Gasteiger partial charge is 0.482 e. The van der Waals surface area contributed by atoms with Gasteiger partial charge in [-0.25, -0.2) is 8.42 Å². The van der Waals surface area contributed by atoms with E-state index in [1.807, 2.05) is 0 Å². The SMILES string of the molecule is CN(C)C(=O)C1CCCN1S(=O)(=O)c1cc2c(cc1Cl)NC(=O)CO2. The molecule has 2 amide bonds. The summed E-state index contributed by atoms with van der Waals surface area (Å²) in [5.41, 5.74) is 0.322. The lowest BCUT2D eigenvalue weighted by Crippen LogP contribution is -2.45. The zero-order chi connectivity index (χ0) is 18.4. The van der Waals surface area contributed by atoms with E-state index in [-0.39, 0.29) is 40.6 Å². The molecule has 1 fully saturated rings. The summed E-state index contributed by atoms with van der Waals surface area (Å²) in [5, 5.41) is 2.54. The van der Waals surface area contributed by atoms with E-state index in [2.05, 4.69) is 5.32 Å².